The molecule has 2 saturated heterocycles. The van der Waals surface area contributed by atoms with Gasteiger partial charge in [-0.1, -0.05) is 18.2 Å². The Morgan fingerprint density at radius 2 is 1.92 bits per heavy atom. The van der Waals surface area contributed by atoms with Gasteiger partial charge in [0.25, 0.3) is 0 Å². The molecule has 1 unspecified atom stereocenters. The van der Waals surface area contributed by atoms with Gasteiger partial charge in [0.15, 0.2) is 5.65 Å². The Balaban J connectivity index is 1.15. The van der Waals surface area contributed by atoms with Crippen LogP contribution in [0.4, 0.5) is 16.0 Å². The number of anilines is 2. The monoisotopic (exact) mass is 674 g/mol. The summed E-state index contributed by atoms with van der Waals surface area (Å²) in [6.45, 7) is 4.76. The van der Waals surface area contributed by atoms with E-state index in [1.165, 1.54) is 25.6 Å². The lowest BCUT2D eigenvalue weighted by Crippen LogP contribution is -2.56. The van der Waals surface area contributed by atoms with Gasteiger partial charge in [0.1, 0.15) is 47.1 Å². The van der Waals surface area contributed by atoms with Gasteiger partial charge in [-0.2, -0.15) is 5.10 Å². The molecule has 2 atom stereocenters. The van der Waals surface area contributed by atoms with Crippen LogP contribution in [-0.4, -0.2) is 97.6 Å². The molecule has 254 valence electrons. The van der Waals surface area contributed by atoms with Gasteiger partial charge in [-0.25, -0.2) is 29.0 Å². The molecule has 3 aliphatic heterocycles. The summed E-state index contributed by atoms with van der Waals surface area (Å²) in [5.74, 6) is 2.11. The number of ether oxygens (including phenoxy) is 2. The minimum atomic E-state index is -0.524. The fraction of sp³-hybridized carbons (Fsp3) is 0.333. The van der Waals surface area contributed by atoms with E-state index in [0.29, 0.717) is 67.6 Å². The van der Waals surface area contributed by atoms with Crippen molar-refractivity contribution in [1.29, 1.82) is 0 Å². The number of hydrogen-bond acceptors (Lipinski definition) is 10. The first-order chi connectivity index (χ1) is 24.3. The molecule has 4 aromatic heterocycles. The zero-order chi connectivity index (χ0) is 34.1. The molecule has 7 heterocycles. The van der Waals surface area contributed by atoms with Gasteiger partial charge in [0.2, 0.25) is 5.91 Å². The number of pyridine rings is 1. The molecule has 3 aliphatic rings. The maximum atomic E-state index is 14.6. The molecule has 9 rings (SSSR count). The summed E-state index contributed by atoms with van der Waals surface area (Å²) in [6.07, 6.45) is 3.69. The van der Waals surface area contributed by atoms with Crippen molar-refractivity contribution < 1.29 is 18.7 Å². The van der Waals surface area contributed by atoms with Crippen LogP contribution in [0, 0.1) is 18.2 Å². The van der Waals surface area contributed by atoms with E-state index in [-0.39, 0.29) is 17.4 Å². The smallest absolute Gasteiger partial charge is 0.245 e. The lowest BCUT2D eigenvalue weighted by atomic mass is 9.84. The average Bonchev–Trinajstić information content (AvgIpc) is 3.81. The van der Waals surface area contributed by atoms with Gasteiger partial charge in [-0.3, -0.25) is 4.79 Å². The number of aromatic nitrogens is 7. The highest BCUT2D eigenvalue weighted by Crippen LogP contribution is 2.38. The van der Waals surface area contributed by atoms with Crippen molar-refractivity contribution in [2.75, 3.05) is 50.7 Å². The topological polar surface area (TPSA) is 128 Å². The van der Waals surface area contributed by atoms with Crippen LogP contribution in [0.15, 0.2) is 67.1 Å². The number of benzene rings is 2. The Kier molecular flexibility index (Phi) is 6.98. The molecule has 50 heavy (non-hydrogen) atoms. The van der Waals surface area contributed by atoms with Crippen LogP contribution in [0.3, 0.4) is 0 Å². The van der Waals surface area contributed by atoms with Gasteiger partial charge in [0, 0.05) is 44.4 Å². The van der Waals surface area contributed by atoms with Gasteiger partial charge in [-0.05, 0) is 43.7 Å². The molecule has 13 nitrogen and oxygen atoms in total. The van der Waals surface area contributed by atoms with E-state index in [0.717, 1.165) is 33.9 Å². The lowest BCUT2D eigenvalue weighted by molar-refractivity contribution is -0.150. The predicted octanol–water partition coefficient (Wildman–Crippen LogP) is 4.23. The highest BCUT2D eigenvalue weighted by Gasteiger charge is 2.45. The van der Waals surface area contributed by atoms with Crippen molar-refractivity contribution in [2.24, 2.45) is 5.41 Å². The summed E-state index contributed by atoms with van der Waals surface area (Å²) in [6, 6.07) is 15.8. The maximum absolute atomic E-state index is 14.6. The highest BCUT2D eigenvalue weighted by molar-refractivity contribution is 5.94. The van der Waals surface area contributed by atoms with Gasteiger partial charge < -0.3 is 29.2 Å². The number of amides is 1. The predicted molar refractivity (Wildman–Crippen MR) is 185 cm³/mol. The minimum absolute atomic E-state index is 0.00980. The normalized spacial score (nSPS) is 20.1. The number of nitrogens with zero attached hydrogens (tertiary/aromatic N) is 9. The molecule has 2 aromatic carbocycles. The molecule has 14 heteroatoms. The Labute approximate surface area is 286 Å². The number of carbonyl (C=O) groups excluding carboxylic acids is 1. The van der Waals surface area contributed by atoms with Gasteiger partial charge >= 0.3 is 0 Å². The van der Waals surface area contributed by atoms with Crippen molar-refractivity contribution in [2.45, 2.75) is 32.0 Å². The molecule has 1 spiro atoms. The molecule has 6 aromatic rings. The Morgan fingerprint density at radius 3 is 2.74 bits per heavy atom. The average molecular weight is 675 g/mol. The lowest BCUT2D eigenvalue weighted by Gasteiger charge is -2.45. The van der Waals surface area contributed by atoms with Crippen molar-refractivity contribution in [1.82, 2.24) is 39.2 Å². The first-order valence-corrected chi connectivity index (χ1v) is 16.6. The van der Waals surface area contributed by atoms with E-state index in [9.17, 15) is 9.18 Å². The Hall–Kier alpha value is -5.63. The maximum Gasteiger partial charge on any atom is 0.245 e. The van der Waals surface area contributed by atoms with Crippen molar-refractivity contribution in [3.8, 4) is 22.7 Å². The molecule has 1 amide bonds. The minimum Gasteiger partial charge on any atom is -0.494 e. The number of methoxy groups -OCH3 is 1. The van der Waals surface area contributed by atoms with E-state index >= 15 is 0 Å². The number of halogens is 1. The number of nitrogens with one attached hydrogen (secondary N) is 1. The molecule has 0 saturated carbocycles. The van der Waals surface area contributed by atoms with Crippen LogP contribution < -0.4 is 15.0 Å². The van der Waals surface area contributed by atoms with Crippen LogP contribution in [-0.2, 0) is 16.1 Å². The standard InChI is InChI=1S/C36H35FN10O3/c1-21-41-27-8-4-6-24-26-7-5-9-31(43-26)42-23-13-29(35(48)44(2)16-36(18-50-19-36)17-46(21)32(24)27)45(15-23)33-25-14-40-47(34(25)39-20-38-33)28-11-10-22(37)12-30(28)49-3/h4-12,14,20,23,29H,13,15-19H2,1-3H3,(H,42,43)/t23?,29-/m0/s1. The van der Waals surface area contributed by atoms with Crippen molar-refractivity contribution in [3.05, 3.63) is 78.8 Å². The molecular weight excluding hydrogens is 639 g/mol. The van der Waals surface area contributed by atoms with E-state index in [1.807, 2.05) is 54.1 Å². The van der Waals surface area contributed by atoms with Gasteiger partial charge in [0.05, 0.1) is 54.0 Å². The zero-order valence-corrected chi connectivity index (χ0v) is 27.9. The number of para-hydroxylation sites is 1. The fourth-order valence-corrected chi connectivity index (χ4v) is 7.84. The number of likely N-dealkylation sites (N-methyl/N-ethyl adjacent to an activating group) is 1. The summed E-state index contributed by atoms with van der Waals surface area (Å²) in [5.41, 5.74) is 4.56. The first kappa shape index (κ1) is 30.4. The Bertz CT molecular complexity index is 2300. The summed E-state index contributed by atoms with van der Waals surface area (Å²) < 4.78 is 29.2. The van der Waals surface area contributed by atoms with Crippen LogP contribution >= 0.6 is 0 Å². The number of aryl methyl sites for hydroxylation is 1. The fourth-order valence-electron chi connectivity index (χ4n) is 7.84. The molecule has 0 aliphatic carbocycles. The molecule has 2 fully saturated rings. The zero-order valence-electron chi connectivity index (χ0n) is 27.9. The van der Waals surface area contributed by atoms with Crippen LogP contribution in [0.5, 0.6) is 5.75 Å². The number of fused-ring (bicyclic) bond motifs is 6. The third kappa shape index (κ3) is 4.84. The summed E-state index contributed by atoms with van der Waals surface area (Å²) in [7, 11) is 3.36. The number of hydrogen-bond donors (Lipinski definition) is 1. The van der Waals surface area contributed by atoms with Crippen molar-refractivity contribution >= 4 is 39.6 Å². The van der Waals surface area contributed by atoms with Crippen LogP contribution in [0.25, 0.3) is 39.0 Å². The first-order valence-electron chi connectivity index (χ1n) is 16.6. The second-order valence-corrected chi connectivity index (χ2v) is 13.6. The molecule has 0 radical (unpaired) electrons. The quantitative estimate of drug-likeness (QED) is 0.291. The summed E-state index contributed by atoms with van der Waals surface area (Å²) >= 11 is 0. The second kappa shape index (κ2) is 11.5. The van der Waals surface area contributed by atoms with E-state index in [1.54, 1.807) is 16.9 Å². The second-order valence-electron chi connectivity index (χ2n) is 13.6. The molecule has 4 bridgehead atoms. The Morgan fingerprint density at radius 1 is 1.06 bits per heavy atom. The van der Waals surface area contributed by atoms with E-state index in [2.05, 4.69) is 26.0 Å². The van der Waals surface area contributed by atoms with E-state index < -0.39 is 11.9 Å². The number of imidazole rings is 1. The van der Waals surface area contributed by atoms with E-state index in [4.69, 9.17) is 24.4 Å². The summed E-state index contributed by atoms with van der Waals surface area (Å²) in [4.78, 5) is 37.7. The summed E-state index contributed by atoms with van der Waals surface area (Å²) in [5, 5.41) is 8.90. The largest absolute Gasteiger partial charge is 0.494 e. The third-order valence-electron chi connectivity index (χ3n) is 10.2. The molecule has 1 N–H and O–H groups in total. The SMILES string of the molecule is COc1cc(F)ccc1-n1ncc2c(N3CC4C[C@H]3C(=O)N(C)CC3(COC3)Cn3c(C)nc5cccc(c53)-c3cccc(n3)N4)ncnc21. The number of rotatable bonds is 3. The molecular formula is C36H35FN10O3. The third-order valence-corrected chi connectivity index (χ3v) is 10.2. The van der Waals surface area contributed by atoms with Crippen LogP contribution in [0.1, 0.15) is 12.2 Å². The van der Waals surface area contributed by atoms with Gasteiger partial charge in [-0.15, -0.1) is 0 Å². The van der Waals surface area contributed by atoms with Crippen LogP contribution in [0.2, 0.25) is 0 Å². The number of carbonyl (C=O) groups is 1. The highest BCUT2D eigenvalue weighted by atomic mass is 19.1. The van der Waals surface area contributed by atoms with Crippen molar-refractivity contribution in [3.63, 3.8) is 0 Å².